The number of ketones is 1. The first-order valence-corrected chi connectivity index (χ1v) is 11.0. The lowest BCUT2D eigenvalue weighted by atomic mass is 9.93. The Balaban J connectivity index is 2.16. The Hall–Kier alpha value is -3.12. The number of Topliss-reactive ketones (excluding diaryl/α,β-unsaturated/α-hetero) is 1. The lowest BCUT2D eigenvalue weighted by Crippen LogP contribution is -2.35. The quantitative estimate of drug-likeness (QED) is 0.384. The van der Waals surface area contributed by atoms with Gasteiger partial charge in [0.15, 0.2) is 0 Å². The van der Waals surface area contributed by atoms with Gasteiger partial charge >= 0.3 is 0 Å². The minimum absolute atomic E-state index is 0.120. The van der Waals surface area contributed by atoms with E-state index in [2.05, 4.69) is 0 Å². The third-order valence-corrected chi connectivity index (χ3v) is 5.62. The van der Waals surface area contributed by atoms with Crippen LogP contribution in [0.3, 0.4) is 0 Å². The van der Waals surface area contributed by atoms with Crippen LogP contribution in [0, 0.1) is 13.8 Å². The summed E-state index contributed by atoms with van der Waals surface area (Å²) in [4.78, 5) is 29.7. The molecule has 1 saturated heterocycles. The fourth-order valence-electron chi connectivity index (χ4n) is 3.90. The molecule has 32 heavy (non-hydrogen) atoms. The molecule has 0 aromatic heterocycles. The first kappa shape index (κ1) is 23.5. The second-order valence-corrected chi connectivity index (χ2v) is 8.54. The average Bonchev–Trinajstić information content (AvgIpc) is 3.02. The van der Waals surface area contributed by atoms with Crippen molar-refractivity contribution in [2.45, 2.75) is 33.2 Å². The van der Waals surface area contributed by atoms with E-state index in [0.717, 1.165) is 23.1 Å². The summed E-state index contributed by atoms with van der Waals surface area (Å²) in [5.74, 6) is -0.716. The number of carbonyl (C=O) groups excluding carboxylic acids is 2. The van der Waals surface area contributed by atoms with E-state index < -0.39 is 17.7 Å². The summed E-state index contributed by atoms with van der Waals surface area (Å²) in [6.07, 6.45) is 0.873. The van der Waals surface area contributed by atoms with Crippen LogP contribution in [0.25, 0.3) is 5.76 Å². The molecule has 6 nitrogen and oxygen atoms in total. The van der Waals surface area contributed by atoms with E-state index in [1.165, 1.54) is 0 Å². The maximum atomic E-state index is 13.2. The number of likely N-dealkylation sites (N-methyl/N-ethyl adjacent to an activating group) is 1. The maximum absolute atomic E-state index is 13.2. The summed E-state index contributed by atoms with van der Waals surface area (Å²) < 4.78 is 5.78. The Morgan fingerprint density at radius 1 is 1.12 bits per heavy atom. The SMILES string of the molecule is CCCOc1cccc(C2/C(=C(\O)c3cc(C)ccc3C)C(=O)C(=O)N2CCN(C)C)c1. The van der Waals surface area contributed by atoms with Gasteiger partial charge < -0.3 is 19.6 Å². The molecule has 2 aromatic rings. The molecule has 1 unspecified atom stereocenters. The number of aliphatic hydroxyl groups excluding tert-OH is 1. The second kappa shape index (κ2) is 10.0. The van der Waals surface area contributed by atoms with Crippen LogP contribution in [0.5, 0.6) is 5.75 Å². The number of benzene rings is 2. The molecule has 0 spiro atoms. The average molecular weight is 437 g/mol. The Kier molecular flexibility index (Phi) is 7.36. The molecule has 1 fully saturated rings. The monoisotopic (exact) mass is 436 g/mol. The third kappa shape index (κ3) is 4.86. The summed E-state index contributed by atoms with van der Waals surface area (Å²) in [5.41, 5.74) is 3.23. The van der Waals surface area contributed by atoms with Crippen LogP contribution in [-0.2, 0) is 9.59 Å². The minimum atomic E-state index is -0.681. The number of ether oxygens (including phenoxy) is 1. The molecule has 2 aromatic carbocycles. The van der Waals surface area contributed by atoms with E-state index >= 15 is 0 Å². The van der Waals surface area contributed by atoms with Crippen LogP contribution in [-0.4, -0.2) is 60.4 Å². The molecule has 170 valence electrons. The lowest BCUT2D eigenvalue weighted by molar-refractivity contribution is -0.140. The molecule has 1 aliphatic rings. The van der Waals surface area contributed by atoms with Crippen molar-refractivity contribution in [2.75, 3.05) is 33.8 Å². The van der Waals surface area contributed by atoms with Gasteiger partial charge in [-0.2, -0.15) is 0 Å². The van der Waals surface area contributed by atoms with Crippen LogP contribution < -0.4 is 4.74 Å². The Labute approximate surface area is 190 Å². The summed E-state index contributed by atoms with van der Waals surface area (Å²) in [7, 11) is 3.84. The fourth-order valence-corrected chi connectivity index (χ4v) is 3.90. The molecule has 1 heterocycles. The summed E-state index contributed by atoms with van der Waals surface area (Å²) >= 11 is 0. The van der Waals surface area contributed by atoms with Crippen LogP contribution in [0.2, 0.25) is 0 Å². The van der Waals surface area contributed by atoms with Crippen molar-refractivity contribution in [3.05, 3.63) is 70.3 Å². The van der Waals surface area contributed by atoms with E-state index in [1.807, 2.05) is 82.2 Å². The zero-order valence-corrected chi connectivity index (χ0v) is 19.5. The van der Waals surface area contributed by atoms with Gasteiger partial charge in [0.1, 0.15) is 11.5 Å². The molecule has 0 aliphatic carbocycles. The van der Waals surface area contributed by atoms with Gasteiger partial charge in [-0.1, -0.05) is 36.8 Å². The highest BCUT2D eigenvalue weighted by Crippen LogP contribution is 2.40. The Bertz CT molecular complexity index is 1040. The number of likely N-dealkylation sites (tertiary alicyclic amines) is 1. The number of aryl methyl sites for hydroxylation is 2. The fraction of sp³-hybridized carbons (Fsp3) is 0.385. The molecular weight excluding hydrogens is 404 g/mol. The van der Waals surface area contributed by atoms with Crippen molar-refractivity contribution in [1.29, 1.82) is 0 Å². The topological polar surface area (TPSA) is 70.1 Å². The number of nitrogens with zero attached hydrogens (tertiary/aromatic N) is 2. The highest BCUT2D eigenvalue weighted by molar-refractivity contribution is 6.46. The van der Waals surface area contributed by atoms with Crippen molar-refractivity contribution < 1.29 is 19.4 Å². The molecule has 1 atom stereocenters. The Morgan fingerprint density at radius 3 is 2.56 bits per heavy atom. The maximum Gasteiger partial charge on any atom is 0.295 e. The normalized spacial score (nSPS) is 17.9. The number of amides is 1. The third-order valence-electron chi connectivity index (χ3n) is 5.62. The van der Waals surface area contributed by atoms with Crippen LogP contribution in [0.4, 0.5) is 0 Å². The van der Waals surface area contributed by atoms with E-state index in [4.69, 9.17) is 4.74 Å². The van der Waals surface area contributed by atoms with Crippen molar-refractivity contribution in [1.82, 2.24) is 9.80 Å². The van der Waals surface area contributed by atoms with Crippen molar-refractivity contribution >= 4 is 17.4 Å². The summed E-state index contributed by atoms with van der Waals surface area (Å²) in [6.45, 7) is 7.38. The number of rotatable bonds is 8. The smallest absolute Gasteiger partial charge is 0.295 e. The van der Waals surface area contributed by atoms with Gasteiger partial charge in [0, 0.05) is 18.7 Å². The van der Waals surface area contributed by atoms with E-state index in [1.54, 1.807) is 4.90 Å². The Morgan fingerprint density at radius 2 is 1.88 bits per heavy atom. The molecule has 3 rings (SSSR count). The predicted molar refractivity (Wildman–Crippen MR) is 126 cm³/mol. The van der Waals surface area contributed by atoms with E-state index in [0.29, 0.717) is 31.0 Å². The van der Waals surface area contributed by atoms with Gasteiger partial charge in [-0.25, -0.2) is 0 Å². The summed E-state index contributed by atoms with van der Waals surface area (Å²) in [6, 6.07) is 12.4. The molecule has 1 N–H and O–H groups in total. The van der Waals surface area contributed by atoms with Gasteiger partial charge in [0.05, 0.1) is 18.2 Å². The molecule has 1 aliphatic heterocycles. The van der Waals surface area contributed by atoms with Gasteiger partial charge in [0.2, 0.25) is 0 Å². The van der Waals surface area contributed by atoms with Gasteiger partial charge in [-0.15, -0.1) is 0 Å². The van der Waals surface area contributed by atoms with Gasteiger partial charge in [-0.05, 0) is 63.7 Å². The number of hydrogen-bond donors (Lipinski definition) is 1. The van der Waals surface area contributed by atoms with Gasteiger partial charge in [-0.3, -0.25) is 9.59 Å². The summed E-state index contributed by atoms with van der Waals surface area (Å²) in [5, 5.41) is 11.3. The lowest BCUT2D eigenvalue weighted by Gasteiger charge is -2.27. The number of hydrogen-bond acceptors (Lipinski definition) is 5. The van der Waals surface area contributed by atoms with Crippen LogP contribution in [0.1, 0.15) is 41.6 Å². The zero-order valence-electron chi connectivity index (χ0n) is 19.5. The molecule has 0 bridgehead atoms. The van der Waals surface area contributed by atoms with Gasteiger partial charge in [0.25, 0.3) is 11.7 Å². The number of carbonyl (C=O) groups is 2. The highest BCUT2D eigenvalue weighted by Gasteiger charge is 2.46. The molecule has 0 radical (unpaired) electrons. The molecular formula is C26H32N2O4. The first-order valence-electron chi connectivity index (χ1n) is 11.0. The molecule has 6 heteroatoms. The van der Waals surface area contributed by atoms with Crippen LogP contribution in [0.15, 0.2) is 48.0 Å². The first-order chi connectivity index (χ1) is 15.2. The van der Waals surface area contributed by atoms with E-state index in [9.17, 15) is 14.7 Å². The van der Waals surface area contributed by atoms with Crippen molar-refractivity contribution in [3.63, 3.8) is 0 Å². The van der Waals surface area contributed by atoms with Crippen molar-refractivity contribution in [2.24, 2.45) is 0 Å². The highest BCUT2D eigenvalue weighted by atomic mass is 16.5. The minimum Gasteiger partial charge on any atom is -0.507 e. The zero-order chi connectivity index (χ0) is 23.4. The second-order valence-electron chi connectivity index (χ2n) is 8.54. The molecule has 0 saturated carbocycles. The largest absolute Gasteiger partial charge is 0.507 e. The molecule has 1 amide bonds. The number of aliphatic hydroxyl groups is 1. The standard InChI is InChI=1S/C26H32N2O4/c1-6-14-32-20-9-7-8-19(16-20)23-22(24(29)21-15-17(2)10-11-18(21)3)25(30)26(31)28(23)13-12-27(4)5/h7-11,15-16,23,29H,6,12-14H2,1-5H3/b24-22+. The predicted octanol–water partition coefficient (Wildman–Crippen LogP) is 4.08. The van der Waals surface area contributed by atoms with E-state index in [-0.39, 0.29) is 11.3 Å². The van der Waals surface area contributed by atoms with Crippen molar-refractivity contribution in [3.8, 4) is 5.75 Å². The van der Waals surface area contributed by atoms with Crippen LogP contribution >= 0.6 is 0 Å².